The van der Waals surface area contributed by atoms with Crippen molar-refractivity contribution < 1.29 is 32.2 Å². The van der Waals surface area contributed by atoms with E-state index in [-0.39, 0.29) is 17.9 Å². The van der Waals surface area contributed by atoms with Crippen molar-refractivity contribution in [2.45, 2.75) is 51.6 Å². The minimum Gasteiger partial charge on any atom is -0.496 e. The summed E-state index contributed by atoms with van der Waals surface area (Å²) >= 11 is 0. The second-order valence-electron chi connectivity index (χ2n) is 9.76. The molecule has 8 nitrogen and oxygen atoms in total. The Hall–Kier alpha value is -3.76. The van der Waals surface area contributed by atoms with Crippen molar-refractivity contribution in [3.63, 3.8) is 0 Å². The number of piperidine rings is 1. The molecule has 0 spiro atoms. The molecule has 1 fully saturated rings. The molecule has 3 aromatic rings. The number of carbonyl (C=O) groups is 1. The molecule has 4 rings (SSSR count). The SMILES string of the molecule is COc1cc(OC(F)(F)F)ccc1-c1nnc(N[C@@H]2CCCN(C(=O)OC(C)(C)C)C2)c2ccccc12. The fraction of sp³-hybridized carbons (Fsp3) is 0.423. The number of nitrogens with one attached hydrogen (secondary N) is 1. The lowest BCUT2D eigenvalue weighted by Gasteiger charge is -2.34. The molecule has 0 bridgehead atoms. The molecule has 1 aromatic heterocycles. The molecule has 2 aromatic carbocycles. The second kappa shape index (κ2) is 10.3. The van der Waals surface area contributed by atoms with Crippen LogP contribution in [0.4, 0.5) is 23.8 Å². The number of hydrogen-bond acceptors (Lipinski definition) is 7. The molecule has 11 heteroatoms. The molecule has 37 heavy (non-hydrogen) atoms. The summed E-state index contributed by atoms with van der Waals surface area (Å²) in [5, 5.41) is 13.7. The highest BCUT2D eigenvalue weighted by Crippen LogP contribution is 2.38. The molecule has 198 valence electrons. The van der Waals surface area contributed by atoms with Gasteiger partial charge in [-0.05, 0) is 45.7 Å². The number of hydrogen-bond donors (Lipinski definition) is 1. The van der Waals surface area contributed by atoms with Crippen LogP contribution in [-0.4, -0.2) is 59.4 Å². The standard InChI is InChI=1S/C26H29F3N4O4/c1-25(2,3)37-24(34)33-13-7-8-16(15-33)30-23-19-10-6-5-9-18(19)22(31-32-23)20-12-11-17(14-21(20)35-4)36-26(27,28)29/h5-6,9-12,14,16H,7-8,13,15H2,1-4H3,(H,30,32)/t16-/m1/s1. The number of halogens is 3. The smallest absolute Gasteiger partial charge is 0.496 e. The second-order valence-corrected chi connectivity index (χ2v) is 9.76. The van der Waals surface area contributed by atoms with Crippen LogP contribution >= 0.6 is 0 Å². The van der Waals surface area contributed by atoms with E-state index in [0.717, 1.165) is 23.6 Å². The van der Waals surface area contributed by atoms with E-state index in [9.17, 15) is 18.0 Å². The summed E-state index contributed by atoms with van der Waals surface area (Å²) in [6, 6.07) is 11.2. The zero-order valence-corrected chi connectivity index (χ0v) is 21.1. The van der Waals surface area contributed by atoms with Crippen molar-refractivity contribution in [3.8, 4) is 22.8 Å². The Morgan fingerprint density at radius 3 is 2.49 bits per heavy atom. The highest BCUT2D eigenvalue weighted by molar-refractivity contribution is 6.01. The van der Waals surface area contributed by atoms with Gasteiger partial charge >= 0.3 is 12.5 Å². The number of benzene rings is 2. The van der Waals surface area contributed by atoms with E-state index >= 15 is 0 Å². The van der Waals surface area contributed by atoms with E-state index in [1.165, 1.54) is 25.3 Å². The number of likely N-dealkylation sites (tertiary alicyclic amines) is 1. The van der Waals surface area contributed by atoms with Gasteiger partial charge in [-0.2, -0.15) is 0 Å². The van der Waals surface area contributed by atoms with E-state index in [1.54, 1.807) is 4.90 Å². The highest BCUT2D eigenvalue weighted by Gasteiger charge is 2.32. The molecule has 1 aliphatic heterocycles. The van der Waals surface area contributed by atoms with Gasteiger partial charge in [-0.15, -0.1) is 23.4 Å². The van der Waals surface area contributed by atoms with Crippen LogP contribution in [0.25, 0.3) is 22.0 Å². The lowest BCUT2D eigenvalue weighted by Crippen LogP contribution is -2.47. The van der Waals surface area contributed by atoms with Gasteiger partial charge in [0.25, 0.3) is 0 Å². The number of aromatic nitrogens is 2. The van der Waals surface area contributed by atoms with Crippen LogP contribution in [0.3, 0.4) is 0 Å². The molecule has 2 heterocycles. The number of fused-ring (bicyclic) bond motifs is 1. The van der Waals surface area contributed by atoms with Crippen molar-refractivity contribution >= 4 is 22.7 Å². The van der Waals surface area contributed by atoms with Gasteiger partial charge in [0, 0.05) is 41.5 Å². The lowest BCUT2D eigenvalue weighted by molar-refractivity contribution is -0.274. The van der Waals surface area contributed by atoms with Crippen LogP contribution < -0.4 is 14.8 Å². The number of ether oxygens (including phenoxy) is 3. The molecule has 1 saturated heterocycles. The topological polar surface area (TPSA) is 85.8 Å². The largest absolute Gasteiger partial charge is 0.573 e. The predicted octanol–water partition coefficient (Wildman–Crippen LogP) is 6.02. The Balaban J connectivity index is 1.61. The van der Waals surface area contributed by atoms with Crippen LogP contribution in [0.5, 0.6) is 11.5 Å². The fourth-order valence-electron chi connectivity index (χ4n) is 4.25. The summed E-state index contributed by atoms with van der Waals surface area (Å²) < 4.78 is 52.9. The number of anilines is 1. The summed E-state index contributed by atoms with van der Waals surface area (Å²) in [6.07, 6.45) is -3.52. The normalized spacial score (nSPS) is 16.4. The summed E-state index contributed by atoms with van der Waals surface area (Å²) in [4.78, 5) is 14.2. The molecular weight excluding hydrogens is 489 g/mol. The zero-order chi connectivity index (χ0) is 26.8. The Morgan fingerprint density at radius 2 is 1.81 bits per heavy atom. The predicted molar refractivity (Wildman–Crippen MR) is 133 cm³/mol. The lowest BCUT2D eigenvalue weighted by atomic mass is 10.0. The number of alkyl halides is 3. The van der Waals surface area contributed by atoms with Gasteiger partial charge in [-0.3, -0.25) is 0 Å². The van der Waals surface area contributed by atoms with Gasteiger partial charge in [0.2, 0.25) is 0 Å². The Kier molecular flexibility index (Phi) is 7.33. The maximum atomic E-state index is 12.7. The van der Waals surface area contributed by atoms with Crippen LogP contribution in [0.15, 0.2) is 42.5 Å². The van der Waals surface area contributed by atoms with Crippen molar-refractivity contribution in [1.29, 1.82) is 0 Å². The number of carbonyl (C=O) groups excluding carboxylic acids is 1. The van der Waals surface area contributed by atoms with Crippen molar-refractivity contribution in [2.75, 3.05) is 25.5 Å². The summed E-state index contributed by atoms with van der Waals surface area (Å²) in [5.41, 5.74) is 0.351. The van der Waals surface area contributed by atoms with Gasteiger partial charge in [0.15, 0.2) is 5.82 Å². The van der Waals surface area contributed by atoms with Crippen LogP contribution in [0, 0.1) is 0 Å². The monoisotopic (exact) mass is 518 g/mol. The zero-order valence-electron chi connectivity index (χ0n) is 21.1. The average Bonchev–Trinajstić information content (AvgIpc) is 2.82. The van der Waals surface area contributed by atoms with Gasteiger partial charge in [-0.25, -0.2) is 4.79 Å². The maximum absolute atomic E-state index is 12.7. The maximum Gasteiger partial charge on any atom is 0.573 e. The third-order valence-electron chi connectivity index (χ3n) is 5.76. The van der Waals surface area contributed by atoms with Crippen molar-refractivity contribution in [3.05, 3.63) is 42.5 Å². The first-order valence-electron chi connectivity index (χ1n) is 11.9. The van der Waals surface area contributed by atoms with E-state index in [1.807, 2.05) is 45.0 Å². The van der Waals surface area contributed by atoms with Gasteiger partial charge in [0.1, 0.15) is 22.8 Å². The number of methoxy groups -OCH3 is 1. The van der Waals surface area contributed by atoms with Crippen LogP contribution in [0.2, 0.25) is 0 Å². The summed E-state index contributed by atoms with van der Waals surface area (Å²) in [7, 11) is 1.36. The van der Waals surface area contributed by atoms with E-state index < -0.39 is 17.7 Å². The van der Waals surface area contributed by atoms with Crippen molar-refractivity contribution in [1.82, 2.24) is 15.1 Å². The van der Waals surface area contributed by atoms with E-state index in [4.69, 9.17) is 9.47 Å². The average molecular weight is 519 g/mol. The molecule has 0 aliphatic carbocycles. The van der Waals surface area contributed by atoms with Crippen LogP contribution in [-0.2, 0) is 4.74 Å². The molecule has 1 N–H and O–H groups in total. The first-order valence-corrected chi connectivity index (χ1v) is 11.9. The molecule has 0 unspecified atom stereocenters. The van der Waals surface area contributed by atoms with Gasteiger partial charge in [0.05, 0.1) is 7.11 Å². The molecule has 1 aliphatic rings. The van der Waals surface area contributed by atoms with Gasteiger partial charge in [-0.1, -0.05) is 24.3 Å². The molecule has 1 amide bonds. The minimum absolute atomic E-state index is 0.0573. The first-order chi connectivity index (χ1) is 17.4. The first kappa shape index (κ1) is 26.3. The number of rotatable bonds is 5. The number of nitrogens with zero attached hydrogens (tertiary/aromatic N) is 3. The van der Waals surface area contributed by atoms with Crippen molar-refractivity contribution in [2.24, 2.45) is 0 Å². The Morgan fingerprint density at radius 1 is 1.08 bits per heavy atom. The van der Waals surface area contributed by atoms with E-state index in [0.29, 0.717) is 30.2 Å². The minimum atomic E-state index is -4.81. The van der Waals surface area contributed by atoms with E-state index in [2.05, 4.69) is 20.3 Å². The Labute approximate surface area is 212 Å². The quantitative estimate of drug-likeness (QED) is 0.442. The molecule has 0 radical (unpaired) electrons. The molecule has 0 saturated carbocycles. The van der Waals surface area contributed by atoms with Crippen LogP contribution in [0.1, 0.15) is 33.6 Å². The summed E-state index contributed by atoms with van der Waals surface area (Å²) in [6.45, 7) is 6.58. The fourth-order valence-corrected chi connectivity index (χ4v) is 4.25. The number of amides is 1. The third kappa shape index (κ3) is 6.52. The van der Waals surface area contributed by atoms with Gasteiger partial charge < -0.3 is 24.4 Å². The summed E-state index contributed by atoms with van der Waals surface area (Å²) in [5.74, 6) is 0.323. The Bertz CT molecular complexity index is 1280. The molecule has 1 atom stereocenters. The molecular formula is C26H29F3N4O4. The third-order valence-corrected chi connectivity index (χ3v) is 5.76. The highest BCUT2D eigenvalue weighted by atomic mass is 19.4.